The number of benzene rings is 2. The maximum absolute atomic E-state index is 12.3. The number of nitrogens with one attached hydrogen (secondary N) is 1. The number of carbonyl (C=O) groups excluding carboxylic acids is 1. The van der Waals surface area contributed by atoms with Crippen molar-refractivity contribution in [3.05, 3.63) is 65.7 Å². The number of ether oxygens (including phenoxy) is 2. The predicted molar refractivity (Wildman–Crippen MR) is 102 cm³/mol. The lowest BCUT2D eigenvalue weighted by Gasteiger charge is -2.09. The van der Waals surface area contributed by atoms with E-state index in [9.17, 15) is 4.79 Å². The molecule has 0 saturated carbocycles. The normalized spacial score (nSPS) is 10.5. The monoisotopic (exact) mass is 366 g/mol. The van der Waals surface area contributed by atoms with E-state index in [-0.39, 0.29) is 11.7 Å². The summed E-state index contributed by atoms with van der Waals surface area (Å²) in [6.07, 6.45) is 2.20. The molecule has 0 unspecified atom stereocenters. The summed E-state index contributed by atoms with van der Waals surface area (Å²) in [7, 11) is 3.19. The number of nitrogens with zero attached hydrogens (tertiary/aromatic N) is 3. The number of methoxy groups -OCH3 is 2. The Bertz CT molecular complexity index is 936. The minimum atomic E-state index is -0.304. The van der Waals surface area contributed by atoms with Crippen LogP contribution < -0.4 is 14.8 Å². The van der Waals surface area contributed by atoms with Gasteiger partial charge in [0.25, 0.3) is 5.91 Å². The van der Waals surface area contributed by atoms with Gasteiger partial charge in [0.2, 0.25) is 5.82 Å². The van der Waals surface area contributed by atoms with Crippen LogP contribution in [0, 0.1) is 6.92 Å². The molecule has 3 rings (SSSR count). The van der Waals surface area contributed by atoms with Gasteiger partial charge in [0.15, 0.2) is 11.5 Å². The zero-order valence-electron chi connectivity index (χ0n) is 15.6. The van der Waals surface area contributed by atoms with Gasteiger partial charge in [-0.15, -0.1) is 5.10 Å². The third kappa shape index (κ3) is 4.44. The first-order chi connectivity index (χ1) is 13.1. The molecule has 0 spiro atoms. The fourth-order valence-electron chi connectivity index (χ4n) is 2.70. The molecular formula is C20H22N4O3. The van der Waals surface area contributed by atoms with E-state index in [1.165, 1.54) is 6.33 Å². The molecule has 0 saturated heterocycles. The lowest BCUT2D eigenvalue weighted by molar-refractivity contribution is 0.0944. The van der Waals surface area contributed by atoms with E-state index in [1.807, 2.05) is 49.4 Å². The SMILES string of the molecule is COc1ccc(CCNC(=O)c2ncn(-c3cccc(C)c3)n2)cc1OC. The maximum Gasteiger partial charge on any atom is 0.290 e. The number of aryl methyl sites for hydroxylation is 1. The van der Waals surface area contributed by atoms with Crippen LogP contribution in [0.1, 0.15) is 21.7 Å². The van der Waals surface area contributed by atoms with Gasteiger partial charge < -0.3 is 14.8 Å². The van der Waals surface area contributed by atoms with Gasteiger partial charge in [0.05, 0.1) is 19.9 Å². The van der Waals surface area contributed by atoms with Crippen molar-refractivity contribution in [1.29, 1.82) is 0 Å². The van der Waals surface area contributed by atoms with Crippen molar-refractivity contribution in [3.8, 4) is 17.2 Å². The Morgan fingerprint density at radius 2 is 1.93 bits per heavy atom. The topological polar surface area (TPSA) is 78.3 Å². The Balaban J connectivity index is 1.59. The van der Waals surface area contributed by atoms with Crippen molar-refractivity contribution < 1.29 is 14.3 Å². The van der Waals surface area contributed by atoms with Crippen LogP contribution in [0.5, 0.6) is 11.5 Å². The molecule has 1 heterocycles. The van der Waals surface area contributed by atoms with E-state index in [0.717, 1.165) is 16.8 Å². The lowest BCUT2D eigenvalue weighted by atomic mass is 10.1. The van der Waals surface area contributed by atoms with E-state index in [2.05, 4.69) is 15.4 Å². The summed E-state index contributed by atoms with van der Waals surface area (Å²) < 4.78 is 12.1. The Labute approximate surface area is 158 Å². The van der Waals surface area contributed by atoms with E-state index in [1.54, 1.807) is 18.9 Å². The zero-order chi connectivity index (χ0) is 19.2. The largest absolute Gasteiger partial charge is 0.493 e. The number of carbonyl (C=O) groups is 1. The molecule has 27 heavy (non-hydrogen) atoms. The molecule has 1 aromatic heterocycles. The highest BCUT2D eigenvalue weighted by molar-refractivity contribution is 5.90. The summed E-state index contributed by atoms with van der Waals surface area (Å²) >= 11 is 0. The second kappa shape index (κ2) is 8.35. The first kappa shape index (κ1) is 18.4. The smallest absolute Gasteiger partial charge is 0.290 e. The van der Waals surface area contributed by atoms with Crippen molar-refractivity contribution in [1.82, 2.24) is 20.1 Å². The molecule has 1 N–H and O–H groups in total. The first-order valence-electron chi connectivity index (χ1n) is 8.58. The van der Waals surface area contributed by atoms with Gasteiger partial charge in [0, 0.05) is 6.54 Å². The van der Waals surface area contributed by atoms with Crippen LogP contribution in [-0.4, -0.2) is 41.4 Å². The fraction of sp³-hybridized carbons (Fsp3) is 0.250. The van der Waals surface area contributed by atoms with Crippen LogP contribution in [-0.2, 0) is 6.42 Å². The van der Waals surface area contributed by atoms with E-state index >= 15 is 0 Å². The van der Waals surface area contributed by atoms with Crippen LogP contribution in [0.4, 0.5) is 0 Å². The number of rotatable bonds is 7. The van der Waals surface area contributed by atoms with Gasteiger partial charge >= 0.3 is 0 Å². The third-order valence-electron chi connectivity index (χ3n) is 4.11. The quantitative estimate of drug-likeness (QED) is 0.695. The van der Waals surface area contributed by atoms with Gasteiger partial charge in [-0.05, 0) is 48.7 Å². The summed E-state index contributed by atoms with van der Waals surface area (Å²) in [5.41, 5.74) is 3.02. The number of aromatic nitrogens is 3. The Morgan fingerprint density at radius 3 is 2.67 bits per heavy atom. The Hall–Kier alpha value is -3.35. The standard InChI is InChI=1S/C20H22N4O3/c1-14-5-4-6-16(11-14)24-13-22-19(23-24)20(25)21-10-9-15-7-8-17(26-2)18(12-15)27-3/h4-8,11-13H,9-10H2,1-3H3,(H,21,25). The minimum absolute atomic E-state index is 0.142. The highest BCUT2D eigenvalue weighted by Gasteiger charge is 2.12. The van der Waals surface area contributed by atoms with Crippen LogP contribution in [0.25, 0.3) is 5.69 Å². The maximum atomic E-state index is 12.3. The second-order valence-electron chi connectivity index (χ2n) is 6.05. The van der Waals surface area contributed by atoms with Crippen molar-refractivity contribution in [2.75, 3.05) is 20.8 Å². The molecule has 0 fully saturated rings. The first-order valence-corrected chi connectivity index (χ1v) is 8.58. The molecule has 0 radical (unpaired) electrons. The number of amides is 1. The van der Waals surface area contributed by atoms with Gasteiger partial charge in [0.1, 0.15) is 6.33 Å². The van der Waals surface area contributed by atoms with Gasteiger partial charge in [-0.3, -0.25) is 4.79 Å². The average Bonchev–Trinajstić information content (AvgIpc) is 3.18. The molecule has 0 atom stereocenters. The molecule has 140 valence electrons. The summed E-state index contributed by atoms with van der Waals surface area (Å²) in [5, 5.41) is 7.09. The lowest BCUT2D eigenvalue weighted by Crippen LogP contribution is -2.26. The molecule has 7 heteroatoms. The molecule has 0 aliphatic carbocycles. The van der Waals surface area contributed by atoms with Crippen LogP contribution >= 0.6 is 0 Å². The average molecular weight is 366 g/mol. The van der Waals surface area contributed by atoms with E-state index in [4.69, 9.17) is 9.47 Å². The second-order valence-corrected chi connectivity index (χ2v) is 6.05. The molecule has 0 aliphatic rings. The third-order valence-corrected chi connectivity index (χ3v) is 4.11. The van der Waals surface area contributed by atoms with Crippen molar-refractivity contribution in [3.63, 3.8) is 0 Å². The van der Waals surface area contributed by atoms with Crippen molar-refractivity contribution >= 4 is 5.91 Å². The Morgan fingerprint density at radius 1 is 1.11 bits per heavy atom. The highest BCUT2D eigenvalue weighted by Crippen LogP contribution is 2.27. The summed E-state index contributed by atoms with van der Waals surface area (Å²) in [4.78, 5) is 16.4. The Kier molecular flexibility index (Phi) is 5.71. The highest BCUT2D eigenvalue weighted by atomic mass is 16.5. The molecule has 2 aromatic carbocycles. The number of hydrogen-bond acceptors (Lipinski definition) is 5. The van der Waals surface area contributed by atoms with Crippen LogP contribution in [0.15, 0.2) is 48.8 Å². The fourth-order valence-corrected chi connectivity index (χ4v) is 2.70. The molecule has 1 amide bonds. The molecule has 7 nitrogen and oxygen atoms in total. The molecular weight excluding hydrogens is 344 g/mol. The summed E-state index contributed by atoms with van der Waals surface area (Å²) in [6.45, 7) is 2.47. The predicted octanol–water partition coefficient (Wildman–Crippen LogP) is 2.57. The van der Waals surface area contributed by atoms with E-state index < -0.39 is 0 Å². The van der Waals surface area contributed by atoms with Gasteiger partial charge in [-0.1, -0.05) is 18.2 Å². The van der Waals surface area contributed by atoms with E-state index in [0.29, 0.717) is 24.5 Å². The minimum Gasteiger partial charge on any atom is -0.493 e. The van der Waals surface area contributed by atoms with Crippen LogP contribution in [0.2, 0.25) is 0 Å². The number of hydrogen-bond donors (Lipinski definition) is 1. The summed E-state index contributed by atoms with van der Waals surface area (Å²) in [5.74, 6) is 1.18. The van der Waals surface area contributed by atoms with Crippen molar-refractivity contribution in [2.24, 2.45) is 0 Å². The molecule has 0 aliphatic heterocycles. The molecule has 3 aromatic rings. The molecule has 0 bridgehead atoms. The summed E-state index contributed by atoms with van der Waals surface area (Å²) in [6, 6.07) is 13.5. The van der Waals surface area contributed by atoms with Gasteiger partial charge in [-0.2, -0.15) is 0 Å². The zero-order valence-corrected chi connectivity index (χ0v) is 15.6. The van der Waals surface area contributed by atoms with Crippen molar-refractivity contribution in [2.45, 2.75) is 13.3 Å². The van der Waals surface area contributed by atoms with Gasteiger partial charge in [-0.25, -0.2) is 9.67 Å². The van der Waals surface area contributed by atoms with Crippen LogP contribution in [0.3, 0.4) is 0 Å².